The summed E-state index contributed by atoms with van der Waals surface area (Å²) in [5.41, 5.74) is 0.404. The first kappa shape index (κ1) is 22.3. The Balaban J connectivity index is 1.94. The van der Waals surface area contributed by atoms with Crippen molar-refractivity contribution in [2.45, 2.75) is 51.7 Å². The molecule has 1 N–H and O–H groups in total. The number of hydrogen-bond donors (Lipinski definition) is 1. The second-order valence-corrected chi connectivity index (χ2v) is 8.60. The second-order valence-electron chi connectivity index (χ2n) is 8.60. The number of nitrogens with zero attached hydrogens (tertiary/aromatic N) is 3. The molecule has 0 atom stereocenters. The number of carboxylic acids is 1. The number of likely N-dealkylation sites (N-methyl/N-ethyl adjacent to an activating group) is 1. The van der Waals surface area contributed by atoms with Gasteiger partial charge in [0.05, 0.1) is 13.1 Å². The van der Waals surface area contributed by atoms with Gasteiger partial charge in [-0.25, -0.2) is 4.39 Å². The van der Waals surface area contributed by atoms with Crippen molar-refractivity contribution < 1.29 is 19.1 Å². The highest BCUT2D eigenvalue weighted by Gasteiger charge is 2.30. The molecule has 7 heteroatoms. The Hall–Kier alpha value is -1.99. The van der Waals surface area contributed by atoms with Gasteiger partial charge in [-0.05, 0) is 58.4 Å². The smallest absolute Gasteiger partial charge is 0.317 e. The van der Waals surface area contributed by atoms with E-state index in [0.717, 1.165) is 31.5 Å². The highest BCUT2D eigenvalue weighted by Crippen LogP contribution is 2.20. The topological polar surface area (TPSA) is 64.1 Å². The fourth-order valence-electron chi connectivity index (χ4n) is 3.65. The predicted molar refractivity (Wildman–Crippen MR) is 106 cm³/mol. The van der Waals surface area contributed by atoms with Gasteiger partial charge < -0.3 is 10.0 Å². The Kier molecular flexibility index (Phi) is 7.55. The maximum atomic E-state index is 13.5. The summed E-state index contributed by atoms with van der Waals surface area (Å²) in [6.45, 7) is 8.21. The summed E-state index contributed by atoms with van der Waals surface area (Å²) >= 11 is 0. The van der Waals surface area contributed by atoms with Crippen molar-refractivity contribution in [2.75, 3.05) is 33.2 Å². The summed E-state index contributed by atoms with van der Waals surface area (Å²) in [5.74, 6) is -1.10. The molecular weight excluding hydrogens is 361 g/mol. The molecule has 1 aliphatic heterocycles. The summed E-state index contributed by atoms with van der Waals surface area (Å²) in [7, 11) is 1.83. The normalized spacial score (nSPS) is 16.4. The van der Waals surface area contributed by atoms with Gasteiger partial charge in [-0.15, -0.1) is 0 Å². The largest absolute Gasteiger partial charge is 0.480 e. The average Bonchev–Trinajstić information content (AvgIpc) is 2.58. The quantitative estimate of drug-likeness (QED) is 0.771. The van der Waals surface area contributed by atoms with E-state index in [9.17, 15) is 14.0 Å². The Morgan fingerprint density at radius 1 is 1.25 bits per heavy atom. The lowest BCUT2D eigenvalue weighted by Crippen LogP contribution is -2.51. The number of carbonyl (C=O) groups is 2. The van der Waals surface area contributed by atoms with Crippen LogP contribution in [0.3, 0.4) is 0 Å². The van der Waals surface area contributed by atoms with Crippen molar-refractivity contribution in [3.63, 3.8) is 0 Å². The van der Waals surface area contributed by atoms with Gasteiger partial charge in [0.15, 0.2) is 0 Å². The van der Waals surface area contributed by atoms with Crippen LogP contribution in [0.4, 0.5) is 4.39 Å². The number of hydrogen-bond acceptors (Lipinski definition) is 4. The molecule has 6 nitrogen and oxygen atoms in total. The average molecular weight is 394 g/mol. The fraction of sp³-hybridized carbons (Fsp3) is 0.619. The fourth-order valence-corrected chi connectivity index (χ4v) is 3.65. The molecule has 1 aliphatic rings. The summed E-state index contributed by atoms with van der Waals surface area (Å²) in [6.07, 6.45) is 1.69. The van der Waals surface area contributed by atoms with Crippen molar-refractivity contribution in [3.8, 4) is 0 Å². The molecule has 1 heterocycles. The van der Waals surface area contributed by atoms with Crippen LogP contribution >= 0.6 is 0 Å². The number of carbonyl (C=O) groups excluding carboxylic acids is 1. The van der Waals surface area contributed by atoms with E-state index < -0.39 is 5.97 Å². The standard InChI is InChI=1S/C21H32FN3O3/c1-21(2,3)25(13-16-6-5-7-17(22)12-16)19(26)14-24-10-8-18(9-11-24)23(4)15-20(27)28/h5-7,12,18H,8-11,13-15H2,1-4H3,(H,27,28). The molecule has 28 heavy (non-hydrogen) atoms. The molecule has 2 rings (SSSR count). The molecule has 1 saturated heterocycles. The summed E-state index contributed by atoms with van der Waals surface area (Å²) < 4.78 is 13.5. The van der Waals surface area contributed by atoms with Crippen LogP contribution in [-0.2, 0) is 16.1 Å². The van der Waals surface area contributed by atoms with Crippen LogP contribution in [0.15, 0.2) is 24.3 Å². The maximum Gasteiger partial charge on any atom is 0.317 e. The van der Waals surface area contributed by atoms with Gasteiger partial charge in [0.1, 0.15) is 5.82 Å². The van der Waals surface area contributed by atoms with Crippen LogP contribution in [-0.4, -0.2) is 76.5 Å². The van der Waals surface area contributed by atoms with Crippen LogP contribution in [0, 0.1) is 5.82 Å². The van der Waals surface area contributed by atoms with Crippen LogP contribution in [0.5, 0.6) is 0 Å². The minimum atomic E-state index is -0.821. The van der Waals surface area contributed by atoms with Crippen molar-refractivity contribution in [1.29, 1.82) is 0 Å². The molecule has 0 unspecified atom stereocenters. The first-order valence-corrected chi connectivity index (χ1v) is 9.75. The lowest BCUT2D eigenvalue weighted by atomic mass is 10.0. The van der Waals surface area contributed by atoms with Gasteiger partial charge in [-0.3, -0.25) is 19.4 Å². The molecule has 1 fully saturated rings. The number of benzene rings is 1. The lowest BCUT2D eigenvalue weighted by Gasteiger charge is -2.39. The van der Waals surface area contributed by atoms with Gasteiger partial charge in [0.2, 0.25) is 5.91 Å². The van der Waals surface area contributed by atoms with Gasteiger partial charge >= 0.3 is 5.97 Å². The summed E-state index contributed by atoms with van der Waals surface area (Å²) in [5, 5.41) is 8.94. The Bertz CT molecular complexity index is 682. The molecule has 0 aromatic heterocycles. The van der Waals surface area contributed by atoms with E-state index in [0.29, 0.717) is 13.1 Å². The minimum Gasteiger partial charge on any atom is -0.480 e. The molecule has 0 saturated carbocycles. The number of halogens is 1. The first-order valence-electron chi connectivity index (χ1n) is 9.75. The maximum absolute atomic E-state index is 13.5. The van der Waals surface area contributed by atoms with Crippen molar-refractivity contribution in [2.24, 2.45) is 0 Å². The van der Waals surface area contributed by atoms with Crippen LogP contribution in [0.25, 0.3) is 0 Å². The van der Waals surface area contributed by atoms with Crippen LogP contribution in [0.1, 0.15) is 39.2 Å². The summed E-state index contributed by atoms with van der Waals surface area (Å²) in [4.78, 5) is 29.7. The number of carboxylic acid groups (broad SMARTS) is 1. The van der Waals surface area contributed by atoms with Crippen LogP contribution < -0.4 is 0 Å². The zero-order valence-corrected chi connectivity index (χ0v) is 17.3. The monoisotopic (exact) mass is 393 g/mol. The molecular formula is C21H32FN3O3. The molecule has 0 spiro atoms. The third-order valence-electron chi connectivity index (χ3n) is 5.26. The number of piperidine rings is 1. The Morgan fingerprint density at radius 3 is 2.43 bits per heavy atom. The van der Waals surface area contributed by atoms with E-state index in [1.54, 1.807) is 11.0 Å². The molecule has 0 radical (unpaired) electrons. The van der Waals surface area contributed by atoms with Crippen molar-refractivity contribution in [1.82, 2.24) is 14.7 Å². The van der Waals surface area contributed by atoms with E-state index in [-0.39, 0.29) is 29.8 Å². The van der Waals surface area contributed by atoms with E-state index in [4.69, 9.17) is 5.11 Å². The lowest BCUT2D eigenvalue weighted by molar-refractivity contribution is -0.138. The van der Waals surface area contributed by atoms with Crippen LogP contribution in [0.2, 0.25) is 0 Å². The minimum absolute atomic E-state index is 0.0223. The van der Waals surface area contributed by atoms with Crippen molar-refractivity contribution >= 4 is 11.9 Å². The highest BCUT2D eigenvalue weighted by molar-refractivity contribution is 5.79. The Morgan fingerprint density at radius 2 is 1.89 bits per heavy atom. The Labute approximate surface area is 166 Å². The second kappa shape index (κ2) is 9.47. The molecule has 156 valence electrons. The molecule has 1 aromatic rings. The molecule has 0 bridgehead atoms. The van der Waals surface area contributed by atoms with Gasteiger partial charge in [-0.2, -0.15) is 0 Å². The molecule has 1 amide bonds. The first-order chi connectivity index (χ1) is 13.1. The van der Waals surface area contributed by atoms with E-state index in [1.807, 2.05) is 38.8 Å². The van der Waals surface area contributed by atoms with E-state index >= 15 is 0 Å². The van der Waals surface area contributed by atoms with E-state index in [1.165, 1.54) is 12.1 Å². The number of likely N-dealkylation sites (tertiary alicyclic amines) is 1. The number of aliphatic carboxylic acids is 1. The van der Waals surface area contributed by atoms with Gasteiger partial charge in [0.25, 0.3) is 0 Å². The SMILES string of the molecule is CN(CC(=O)O)C1CCN(CC(=O)N(Cc2cccc(F)c2)C(C)(C)C)CC1. The van der Waals surface area contributed by atoms with Crippen molar-refractivity contribution in [3.05, 3.63) is 35.6 Å². The van der Waals surface area contributed by atoms with Gasteiger partial charge in [-0.1, -0.05) is 12.1 Å². The zero-order chi connectivity index (χ0) is 20.9. The summed E-state index contributed by atoms with van der Waals surface area (Å²) in [6, 6.07) is 6.59. The third-order valence-corrected chi connectivity index (χ3v) is 5.26. The zero-order valence-electron chi connectivity index (χ0n) is 17.3. The molecule has 0 aliphatic carbocycles. The third kappa shape index (κ3) is 6.56. The van der Waals surface area contributed by atoms with Gasteiger partial charge in [0, 0.05) is 31.2 Å². The van der Waals surface area contributed by atoms with E-state index in [2.05, 4.69) is 4.90 Å². The highest BCUT2D eigenvalue weighted by atomic mass is 19.1. The number of amides is 1. The molecule has 1 aromatic carbocycles. The number of rotatable bonds is 7. The predicted octanol–water partition coefficient (Wildman–Crippen LogP) is 2.43.